The van der Waals surface area contributed by atoms with Crippen molar-refractivity contribution >= 4 is 10.2 Å². The van der Waals surface area contributed by atoms with Gasteiger partial charge in [-0.3, -0.25) is 0 Å². The highest BCUT2D eigenvalue weighted by Crippen LogP contribution is 2.07. The van der Waals surface area contributed by atoms with Crippen LogP contribution >= 0.6 is 0 Å². The molecule has 1 rings (SSSR count). The Morgan fingerprint density at radius 2 is 1.90 bits per heavy atom. The molecule has 5 nitrogen and oxygen atoms in total. The van der Waals surface area contributed by atoms with Crippen LogP contribution < -0.4 is 10.0 Å². The molecule has 0 radical (unpaired) electrons. The summed E-state index contributed by atoms with van der Waals surface area (Å²) in [7, 11) is -0.0978. The molecule has 0 aliphatic carbocycles. The van der Waals surface area contributed by atoms with E-state index in [9.17, 15) is 12.8 Å². The van der Waals surface area contributed by atoms with Crippen molar-refractivity contribution < 1.29 is 12.8 Å². The molecular weight excluding hydrogens is 293 g/mol. The lowest BCUT2D eigenvalue weighted by Gasteiger charge is -2.21. The van der Waals surface area contributed by atoms with Gasteiger partial charge in [0.15, 0.2) is 0 Å². The van der Waals surface area contributed by atoms with Gasteiger partial charge in [-0.15, -0.1) is 0 Å². The van der Waals surface area contributed by atoms with E-state index in [1.807, 2.05) is 7.05 Å². The van der Waals surface area contributed by atoms with Crippen molar-refractivity contribution in [3.63, 3.8) is 0 Å². The highest BCUT2D eigenvalue weighted by atomic mass is 32.2. The second-order valence-corrected chi connectivity index (χ2v) is 6.94. The van der Waals surface area contributed by atoms with Crippen LogP contribution in [-0.4, -0.2) is 45.9 Å². The molecule has 0 amide bonds. The molecule has 1 aromatic rings. The molecule has 1 atom stereocenters. The number of hydrogen-bond acceptors (Lipinski definition) is 3. The first-order valence-corrected chi connectivity index (χ1v) is 8.42. The molecule has 1 aromatic carbocycles. The first kappa shape index (κ1) is 18.0. The van der Waals surface area contributed by atoms with Gasteiger partial charge in [-0.2, -0.15) is 17.4 Å². The molecule has 0 heterocycles. The van der Waals surface area contributed by atoms with E-state index in [4.69, 9.17) is 0 Å². The van der Waals surface area contributed by atoms with E-state index >= 15 is 0 Å². The molecule has 0 aromatic heterocycles. The molecule has 0 saturated carbocycles. The highest BCUT2D eigenvalue weighted by molar-refractivity contribution is 7.87. The summed E-state index contributed by atoms with van der Waals surface area (Å²) in [5, 5.41) is 2.98. The summed E-state index contributed by atoms with van der Waals surface area (Å²) < 4.78 is 41.0. The quantitative estimate of drug-likeness (QED) is 0.671. The Bertz CT molecular complexity index is 520. The fraction of sp³-hybridized carbons (Fsp3) is 0.571. The first-order chi connectivity index (χ1) is 9.85. The van der Waals surface area contributed by atoms with E-state index < -0.39 is 10.2 Å². The Balaban J connectivity index is 2.51. The minimum Gasteiger partial charge on any atom is -0.320 e. The van der Waals surface area contributed by atoms with Gasteiger partial charge in [0, 0.05) is 19.6 Å². The predicted octanol–water partition coefficient (Wildman–Crippen LogP) is 1.13. The summed E-state index contributed by atoms with van der Waals surface area (Å²) in [6.45, 7) is 3.02. The number of nitrogens with one attached hydrogen (secondary N) is 2. The zero-order valence-corrected chi connectivity index (χ0v) is 13.6. The molecule has 0 aliphatic heterocycles. The molecule has 0 saturated heterocycles. The lowest BCUT2D eigenvalue weighted by molar-refractivity contribution is 0.440. The Kier molecular flexibility index (Phi) is 7.24. The average Bonchev–Trinajstić information content (AvgIpc) is 2.41. The van der Waals surface area contributed by atoms with Crippen LogP contribution in [0.25, 0.3) is 0 Å². The van der Waals surface area contributed by atoms with Crippen molar-refractivity contribution in [2.45, 2.75) is 25.8 Å². The van der Waals surface area contributed by atoms with Gasteiger partial charge in [0.05, 0.1) is 0 Å². The SMILES string of the molecule is CNCCCN(C)S(=O)(=O)NC(C)Cc1ccc(F)cc1. The summed E-state index contributed by atoms with van der Waals surface area (Å²) in [6, 6.07) is 5.82. The van der Waals surface area contributed by atoms with Gasteiger partial charge < -0.3 is 5.32 Å². The Morgan fingerprint density at radius 3 is 2.48 bits per heavy atom. The second kappa shape index (κ2) is 8.43. The summed E-state index contributed by atoms with van der Waals surface area (Å²) in [6.07, 6.45) is 1.27. The summed E-state index contributed by atoms with van der Waals surface area (Å²) in [4.78, 5) is 0. The van der Waals surface area contributed by atoms with Crippen molar-refractivity contribution in [2.24, 2.45) is 0 Å². The number of nitrogens with zero attached hydrogens (tertiary/aromatic N) is 1. The molecule has 0 spiro atoms. The molecule has 1 unspecified atom stereocenters. The monoisotopic (exact) mass is 317 g/mol. The van der Waals surface area contributed by atoms with Crippen LogP contribution in [0.1, 0.15) is 18.9 Å². The van der Waals surface area contributed by atoms with Crippen molar-refractivity contribution in [1.29, 1.82) is 0 Å². The summed E-state index contributed by atoms with van der Waals surface area (Å²) in [5.74, 6) is -0.295. The third kappa shape index (κ3) is 6.52. The van der Waals surface area contributed by atoms with E-state index in [2.05, 4.69) is 10.0 Å². The third-order valence-corrected chi connectivity index (χ3v) is 4.82. The number of hydrogen-bond donors (Lipinski definition) is 2. The van der Waals surface area contributed by atoms with E-state index in [1.165, 1.54) is 16.4 Å². The lowest BCUT2D eigenvalue weighted by Crippen LogP contribution is -2.44. The van der Waals surface area contributed by atoms with Crippen LogP contribution in [0.3, 0.4) is 0 Å². The number of halogens is 1. The first-order valence-electron chi connectivity index (χ1n) is 6.98. The Morgan fingerprint density at radius 1 is 1.29 bits per heavy atom. The smallest absolute Gasteiger partial charge is 0.279 e. The lowest BCUT2D eigenvalue weighted by atomic mass is 10.1. The van der Waals surface area contributed by atoms with Crippen LogP contribution in [0.2, 0.25) is 0 Å². The van der Waals surface area contributed by atoms with Gasteiger partial charge in [0.1, 0.15) is 5.82 Å². The largest absolute Gasteiger partial charge is 0.320 e. The molecule has 21 heavy (non-hydrogen) atoms. The summed E-state index contributed by atoms with van der Waals surface area (Å²) in [5.41, 5.74) is 0.893. The topological polar surface area (TPSA) is 61.4 Å². The highest BCUT2D eigenvalue weighted by Gasteiger charge is 2.19. The Hall–Kier alpha value is -1.02. The van der Waals surface area contributed by atoms with Crippen LogP contribution in [0, 0.1) is 5.82 Å². The van der Waals surface area contributed by atoms with Gasteiger partial charge in [0.25, 0.3) is 10.2 Å². The molecular formula is C14H24FN3O2S. The molecule has 120 valence electrons. The average molecular weight is 317 g/mol. The maximum absolute atomic E-state index is 12.8. The van der Waals surface area contributed by atoms with Gasteiger partial charge in [-0.1, -0.05) is 12.1 Å². The summed E-state index contributed by atoms with van der Waals surface area (Å²) >= 11 is 0. The van der Waals surface area contributed by atoms with Crippen molar-refractivity contribution in [2.75, 3.05) is 27.2 Å². The van der Waals surface area contributed by atoms with E-state index in [0.29, 0.717) is 13.0 Å². The van der Waals surface area contributed by atoms with E-state index in [-0.39, 0.29) is 11.9 Å². The third-order valence-electron chi connectivity index (χ3n) is 3.12. The standard InChI is InChI=1S/C14H24FN3O2S/c1-12(11-13-5-7-14(15)8-6-13)17-21(19,20)18(3)10-4-9-16-2/h5-8,12,16-17H,4,9-11H2,1-3H3. The predicted molar refractivity (Wildman–Crippen MR) is 82.8 cm³/mol. The van der Waals surface area contributed by atoms with Gasteiger partial charge >= 0.3 is 0 Å². The molecule has 2 N–H and O–H groups in total. The van der Waals surface area contributed by atoms with Crippen molar-refractivity contribution in [3.05, 3.63) is 35.6 Å². The fourth-order valence-electron chi connectivity index (χ4n) is 1.96. The van der Waals surface area contributed by atoms with E-state index in [1.54, 1.807) is 26.1 Å². The zero-order chi connectivity index (χ0) is 15.9. The minimum atomic E-state index is -3.49. The van der Waals surface area contributed by atoms with Crippen LogP contribution in [-0.2, 0) is 16.6 Å². The molecule has 7 heteroatoms. The normalized spacial score (nSPS) is 13.6. The minimum absolute atomic E-state index is 0.257. The van der Waals surface area contributed by atoms with Gasteiger partial charge in [-0.05, 0) is 51.1 Å². The molecule has 0 bridgehead atoms. The second-order valence-electron chi connectivity index (χ2n) is 5.13. The van der Waals surface area contributed by atoms with Crippen molar-refractivity contribution in [1.82, 2.24) is 14.3 Å². The van der Waals surface area contributed by atoms with E-state index in [0.717, 1.165) is 18.5 Å². The fourth-order valence-corrected chi connectivity index (χ4v) is 3.10. The number of rotatable bonds is 9. The van der Waals surface area contributed by atoms with Gasteiger partial charge in [0.2, 0.25) is 0 Å². The molecule has 0 aliphatic rings. The van der Waals surface area contributed by atoms with Gasteiger partial charge in [-0.25, -0.2) is 4.39 Å². The van der Waals surface area contributed by atoms with Crippen LogP contribution in [0.5, 0.6) is 0 Å². The van der Waals surface area contributed by atoms with Crippen LogP contribution in [0.15, 0.2) is 24.3 Å². The van der Waals surface area contributed by atoms with Crippen LogP contribution in [0.4, 0.5) is 4.39 Å². The molecule has 0 fully saturated rings. The maximum atomic E-state index is 12.8. The van der Waals surface area contributed by atoms with Crippen molar-refractivity contribution in [3.8, 4) is 0 Å². The zero-order valence-electron chi connectivity index (χ0n) is 12.8. The Labute approximate surface area is 126 Å². The number of benzene rings is 1. The maximum Gasteiger partial charge on any atom is 0.279 e.